The van der Waals surface area contributed by atoms with Crippen LogP contribution in [0.5, 0.6) is 0 Å². The molecular weight excluding hydrogens is 254 g/mol. The average molecular weight is 279 g/mol. The van der Waals surface area contributed by atoms with E-state index in [-0.39, 0.29) is 11.3 Å². The van der Waals surface area contributed by atoms with Gasteiger partial charge in [0, 0.05) is 17.5 Å². The fraction of sp³-hybridized carbons (Fsp3) is 0.733. The summed E-state index contributed by atoms with van der Waals surface area (Å²) in [6, 6.07) is 2.34. The van der Waals surface area contributed by atoms with Gasteiger partial charge in [0.25, 0.3) is 0 Å². The molecule has 2 rings (SSSR count). The van der Waals surface area contributed by atoms with Gasteiger partial charge in [-0.3, -0.25) is 15.0 Å². The molecule has 1 aromatic rings. The fourth-order valence-corrected chi connectivity index (χ4v) is 2.57. The van der Waals surface area contributed by atoms with Gasteiger partial charge in [0.15, 0.2) is 0 Å². The number of nitrogens with zero attached hydrogens (tertiary/aromatic N) is 2. The Balaban J connectivity index is 1.86. The van der Waals surface area contributed by atoms with Crippen molar-refractivity contribution in [2.24, 2.45) is 0 Å². The molecule has 0 radical (unpaired) electrons. The van der Waals surface area contributed by atoms with Crippen molar-refractivity contribution in [3.05, 3.63) is 11.8 Å². The summed E-state index contributed by atoms with van der Waals surface area (Å²) in [5.41, 5.74) is 0.768. The van der Waals surface area contributed by atoms with Gasteiger partial charge in [-0.15, -0.1) is 0 Å². The molecule has 0 aromatic carbocycles. The second-order valence-electron chi connectivity index (χ2n) is 6.73. The van der Waals surface area contributed by atoms with Crippen molar-refractivity contribution in [1.82, 2.24) is 10.1 Å². The van der Waals surface area contributed by atoms with E-state index in [1.807, 2.05) is 7.05 Å². The molecule has 1 aliphatic rings. The summed E-state index contributed by atoms with van der Waals surface area (Å²) in [6.45, 7) is 6.58. The first-order valence-corrected chi connectivity index (χ1v) is 7.33. The Hall–Kier alpha value is -1.36. The standard InChI is InChI=1S/C15H25N3O2/c1-15(2,3)12-9-14(20-17-12)16-13(19)10-18(4)11-7-5-6-8-11/h9,11H,5-8,10H2,1-4H3,(H,16,19). The summed E-state index contributed by atoms with van der Waals surface area (Å²) in [6.07, 6.45) is 4.93. The van der Waals surface area contributed by atoms with Gasteiger partial charge in [0.05, 0.1) is 12.2 Å². The Labute approximate surface area is 120 Å². The average Bonchev–Trinajstić information content (AvgIpc) is 2.97. The maximum Gasteiger partial charge on any atom is 0.240 e. The molecule has 1 aromatic heterocycles. The van der Waals surface area contributed by atoms with Crippen LogP contribution in [0, 0.1) is 0 Å². The molecule has 0 bridgehead atoms. The monoisotopic (exact) mass is 279 g/mol. The van der Waals surface area contributed by atoms with Gasteiger partial charge in [-0.1, -0.05) is 38.8 Å². The first-order chi connectivity index (χ1) is 9.36. The zero-order valence-corrected chi connectivity index (χ0v) is 12.9. The van der Waals surface area contributed by atoms with Crippen LogP contribution in [-0.4, -0.2) is 35.6 Å². The lowest BCUT2D eigenvalue weighted by Gasteiger charge is -2.22. The van der Waals surface area contributed by atoms with Crippen molar-refractivity contribution in [3.63, 3.8) is 0 Å². The van der Waals surface area contributed by atoms with Crippen LogP contribution >= 0.6 is 0 Å². The highest BCUT2D eigenvalue weighted by Gasteiger charge is 2.23. The van der Waals surface area contributed by atoms with Crippen molar-refractivity contribution in [2.75, 3.05) is 18.9 Å². The lowest BCUT2D eigenvalue weighted by molar-refractivity contribution is -0.117. The summed E-state index contributed by atoms with van der Waals surface area (Å²) in [7, 11) is 2.01. The van der Waals surface area contributed by atoms with Crippen LogP contribution < -0.4 is 5.32 Å². The number of carbonyl (C=O) groups excluding carboxylic acids is 1. The maximum absolute atomic E-state index is 12.0. The van der Waals surface area contributed by atoms with E-state index >= 15 is 0 Å². The highest BCUT2D eigenvalue weighted by molar-refractivity contribution is 5.91. The van der Waals surface area contributed by atoms with Gasteiger partial charge in [-0.05, 0) is 19.9 Å². The van der Waals surface area contributed by atoms with E-state index in [1.54, 1.807) is 6.07 Å². The first-order valence-electron chi connectivity index (χ1n) is 7.33. The van der Waals surface area contributed by atoms with Crippen LogP contribution in [0.1, 0.15) is 52.1 Å². The van der Waals surface area contributed by atoms with E-state index < -0.39 is 0 Å². The fourth-order valence-electron chi connectivity index (χ4n) is 2.57. The SMILES string of the molecule is CN(CC(=O)Nc1cc(C(C)(C)C)no1)C1CCCC1. The second-order valence-corrected chi connectivity index (χ2v) is 6.73. The summed E-state index contributed by atoms with van der Waals surface area (Å²) in [5.74, 6) is 0.385. The first kappa shape index (κ1) is 15.0. The number of hydrogen-bond donors (Lipinski definition) is 1. The van der Waals surface area contributed by atoms with E-state index in [4.69, 9.17) is 4.52 Å². The number of likely N-dealkylation sites (N-methyl/N-ethyl adjacent to an activating group) is 1. The summed E-state index contributed by atoms with van der Waals surface area (Å²) in [4.78, 5) is 14.1. The number of nitrogens with one attached hydrogen (secondary N) is 1. The Morgan fingerprint density at radius 1 is 1.45 bits per heavy atom. The minimum Gasteiger partial charge on any atom is -0.338 e. The zero-order chi connectivity index (χ0) is 14.8. The Morgan fingerprint density at radius 2 is 2.10 bits per heavy atom. The van der Waals surface area contributed by atoms with Crippen LogP contribution in [-0.2, 0) is 10.2 Å². The molecule has 1 N–H and O–H groups in total. The molecule has 5 heteroatoms. The zero-order valence-electron chi connectivity index (χ0n) is 12.9. The van der Waals surface area contributed by atoms with Crippen LogP contribution in [0.2, 0.25) is 0 Å². The molecule has 1 aliphatic carbocycles. The smallest absolute Gasteiger partial charge is 0.240 e. The maximum atomic E-state index is 12.0. The van der Waals surface area contributed by atoms with Crippen molar-refractivity contribution < 1.29 is 9.32 Å². The van der Waals surface area contributed by atoms with Gasteiger partial charge in [0.1, 0.15) is 0 Å². The summed E-state index contributed by atoms with van der Waals surface area (Å²) in [5, 5.41) is 6.77. The van der Waals surface area contributed by atoms with Gasteiger partial charge in [-0.25, -0.2) is 0 Å². The molecule has 1 heterocycles. The minimum absolute atomic E-state index is 0.0454. The van der Waals surface area contributed by atoms with Crippen LogP contribution in [0.15, 0.2) is 10.6 Å². The third-order valence-corrected chi connectivity index (χ3v) is 3.88. The number of carbonyl (C=O) groups is 1. The number of hydrogen-bond acceptors (Lipinski definition) is 4. The number of anilines is 1. The predicted molar refractivity (Wildman–Crippen MR) is 78.7 cm³/mol. The topological polar surface area (TPSA) is 58.4 Å². The van der Waals surface area contributed by atoms with E-state index in [2.05, 4.69) is 36.1 Å². The largest absolute Gasteiger partial charge is 0.338 e. The second kappa shape index (κ2) is 5.95. The van der Waals surface area contributed by atoms with Crippen molar-refractivity contribution in [3.8, 4) is 0 Å². The molecule has 5 nitrogen and oxygen atoms in total. The van der Waals surface area contributed by atoms with Crippen molar-refractivity contribution >= 4 is 11.8 Å². The summed E-state index contributed by atoms with van der Waals surface area (Å²) >= 11 is 0. The molecule has 0 saturated heterocycles. The van der Waals surface area contributed by atoms with Crippen LogP contribution in [0.25, 0.3) is 0 Å². The Kier molecular flexibility index (Phi) is 4.48. The highest BCUT2D eigenvalue weighted by Crippen LogP contribution is 2.24. The predicted octanol–water partition coefficient (Wildman–Crippen LogP) is 2.79. The van der Waals surface area contributed by atoms with Crippen LogP contribution in [0.3, 0.4) is 0 Å². The van der Waals surface area contributed by atoms with Gasteiger partial charge >= 0.3 is 0 Å². The van der Waals surface area contributed by atoms with Crippen molar-refractivity contribution in [1.29, 1.82) is 0 Å². The highest BCUT2D eigenvalue weighted by atomic mass is 16.5. The molecule has 1 saturated carbocycles. The van der Waals surface area contributed by atoms with Crippen LogP contribution in [0.4, 0.5) is 5.88 Å². The molecule has 0 spiro atoms. The van der Waals surface area contributed by atoms with E-state index in [9.17, 15) is 4.79 Å². The molecular formula is C15H25N3O2. The molecule has 0 atom stereocenters. The lowest BCUT2D eigenvalue weighted by Crippen LogP contribution is -2.36. The normalized spacial score (nSPS) is 16.9. The molecule has 1 amide bonds. The Morgan fingerprint density at radius 3 is 2.65 bits per heavy atom. The van der Waals surface area contributed by atoms with E-state index in [0.717, 1.165) is 5.69 Å². The number of aromatic nitrogens is 1. The summed E-state index contributed by atoms with van der Waals surface area (Å²) < 4.78 is 5.17. The Bertz CT molecular complexity index is 456. The molecule has 0 unspecified atom stereocenters. The van der Waals surface area contributed by atoms with Gasteiger partial charge < -0.3 is 4.52 Å². The number of amides is 1. The van der Waals surface area contributed by atoms with Gasteiger partial charge in [0.2, 0.25) is 11.8 Å². The van der Waals surface area contributed by atoms with E-state index in [0.29, 0.717) is 18.5 Å². The molecule has 0 aliphatic heterocycles. The number of rotatable bonds is 4. The van der Waals surface area contributed by atoms with E-state index in [1.165, 1.54) is 25.7 Å². The molecule has 1 fully saturated rings. The van der Waals surface area contributed by atoms with Gasteiger partial charge in [-0.2, -0.15) is 0 Å². The third-order valence-electron chi connectivity index (χ3n) is 3.88. The molecule has 112 valence electrons. The van der Waals surface area contributed by atoms with Crippen molar-refractivity contribution in [2.45, 2.75) is 57.9 Å². The quantitative estimate of drug-likeness (QED) is 0.920. The molecule has 20 heavy (non-hydrogen) atoms. The third kappa shape index (κ3) is 3.82. The lowest BCUT2D eigenvalue weighted by atomic mass is 9.92. The minimum atomic E-state index is -0.0763.